The first kappa shape index (κ1) is 14.0. The van der Waals surface area contributed by atoms with E-state index in [4.69, 9.17) is 5.11 Å². The molecular formula is C13H18N2O3S. The highest BCUT2D eigenvalue weighted by Gasteiger charge is 2.48. The molecule has 0 aromatic carbocycles. The molecule has 1 fully saturated rings. The predicted molar refractivity (Wildman–Crippen MR) is 72.1 cm³/mol. The lowest BCUT2D eigenvalue weighted by atomic mass is 10.2. The van der Waals surface area contributed by atoms with Crippen LogP contribution in [0.15, 0.2) is 5.38 Å². The number of thiazole rings is 1. The molecule has 0 radical (unpaired) electrons. The zero-order valence-corrected chi connectivity index (χ0v) is 11.9. The van der Waals surface area contributed by atoms with Crippen LogP contribution in [0.1, 0.15) is 36.9 Å². The van der Waals surface area contributed by atoms with Gasteiger partial charge in [0.15, 0.2) is 0 Å². The molecule has 2 atom stereocenters. The molecule has 19 heavy (non-hydrogen) atoms. The summed E-state index contributed by atoms with van der Waals surface area (Å²) in [6, 6.07) is 0. The molecule has 1 amide bonds. The minimum atomic E-state index is -0.874. The fraction of sp³-hybridized carbons (Fsp3) is 0.615. The molecule has 0 bridgehead atoms. The fourth-order valence-electron chi connectivity index (χ4n) is 1.91. The lowest BCUT2D eigenvalue weighted by Crippen LogP contribution is -2.28. The Kier molecular flexibility index (Phi) is 4.19. The van der Waals surface area contributed by atoms with Gasteiger partial charge in [0.1, 0.15) is 0 Å². The number of aromatic nitrogens is 1. The summed E-state index contributed by atoms with van der Waals surface area (Å²) >= 11 is 1.64. The molecule has 1 aliphatic rings. The Hall–Kier alpha value is -1.43. The smallest absolute Gasteiger partial charge is 0.307 e. The molecular weight excluding hydrogens is 264 g/mol. The molecule has 6 heteroatoms. The maximum Gasteiger partial charge on any atom is 0.307 e. The van der Waals surface area contributed by atoms with Gasteiger partial charge in [0.05, 0.1) is 22.5 Å². The Morgan fingerprint density at radius 2 is 2.26 bits per heavy atom. The van der Waals surface area contributed by atoms with E-state index in [1.807, 2.05) is 5.38 Å². The van der Waals surface area contributed by atoms with Crippen LogP contribution in [-0.2, 0) is 16.0 Å². The third-order valence-electron chi connectivity index (χ3n) is 3.19. The van der Waals surface area contributed by atoms with Crippen molar-refractivity contribution >= 4 is 23.2 Å². The Bertz CT molecular complexity index is 484. The summed E-state index contributed by atoms with van der Waals surface area (Å²) in [4.78, 5) is 26.8. The number of hydrogen-bond donors (Lipinski definition) is 2. The lowest BCUT2D eigenvalue weighted by molar-refractivity contribution is -0.140. The Morgan fingerprint density at radius 3 is 2.79 bits per heavy atom. The van der Waals surface area contributed by atoms with E-state index in [2.05, 4.69) is 24.1 Å². The Balaban J connectivity index is 1.72. The molecule has 5 nitrogen and oxygen atoms in total. The second-order valence-electron chi connectivity index (χ2n) is 5.16. The molecule has 1 heterocycles. The number of rotatable bonds is 6. The first-order chi connectivity index (χ1) is 8.99. The van der Waals surface area contributed by atoms with Gasteiger partial charge in [-0.05, 0) is 6.42 Å². The monoisotopic (exact) mass is 282 g/mol. The van der Waals surface area contributed by atoms with Crippen LogP contribution in [0.3, 0.4) is 0 Å². The highest BCUT2D eigenvalue weighted by molar-refractivity contribution is 7.09. The summed E-state index contributed by atoms with van der Waals surface area (Å²) in [5.74, 6) is -1.41. The maximum atomic E-state index is 11.6. The van der Waals surface area contributed by atoms with Crippen LogP contribution in [0.4, 0.5) is 0 Å². The van der Waals surface area contributed by atoms with Crippen LogP contribution in [-0.4, -0.2) is 28.5 Å². The second-order valence-corrected chi connectivity index (χ2v) is 6.05. The van der Waals surface area contributed by atoms with Crippen LogP contribution in [0.25, 0.3) is 0 Å². The van der Waals surface area contributed by atoms with E-state index in [9.17, 15) is 9.59 Å². The SMILES string of the molecule is CC(C)c1nc(CCNC(=O)C2CC2C(=O)O)cs1. The average Bonchev–Trinajstić information content (AvgIpc) is 3.02. The lowest BCUT2D eigenvalue weighted by Gasteiger charge is -2.02. The van der Waals surface area contributed by atoms with Crippen LogP contribution < -0.4 is 5.32 Å². The van der Waals surface area contributed by atoms with Gasteiger partial charge < -0.3 is 10.4 Å². The summed E-state index contributed by atoms with van der Waals surface area (Å²) < 4.78 is 0. The van der Waals surface area contributed by atoms with E-state index in [1.165, 1.54) is 0 Å². The molecule has 0 spiro atoms. The second kappa shape index (κ2) is 5.69. The zero-order valence-electron chi connectivity index (χ0n) is 11.0. The van der Waals surface area contributed by atoms with Crippen molar-refractivity contribution in [2.45, 2.75) is 32.6 Å². The first-order valence-electron chi connectivity index (χ1n) is 6.44. The van der Waals surface area contributed by atoms with Gasteiger partial charge in [0.25, 0.3) is 0 Å². The molecule has 0 aliphatic heterocycles. The van der Waals surface area contributed by atoms with Gasteiger partial charge in [-0.3, -0.25) is 9.59 Å². The molecule has 2 N–H and O–H groups in total. The topological polar surface area (TPSA) is 79.3 Å². The van der Waals surface area contributed by atoms with Crippen molar-refractivity contribution in [3.63, 3.8) is 0 Å². The number of carbonyl (C=O) groups excluding carboxylic acids is 1. The van der Waals surface area contributed by atoms with Crippen molar-refractivity contribution in [3.8, 4) is 0 Å². The van der Waals surface area contributed by atoms with Gasteiger partial charge in [0.2, 0.25) is 5.91 Å². The molecule has 1 aromatic heterocycles. The summed E-state index contributed by atoms with van der Waals surface area (Å²) in [5, 5.41) is 14.6. The number of hydrogen-bond acceptors (Lipinski definition) is 4. The molecule has 1 aliphatic carbocycles. The maximum absolute atomic E-state index is 11.6. The largest absolute Gasteiger partial charge is 0.481 e. The Labute approximate surface area is 116 Å². The fourth-order valence-corrected chi connectivity index (χ4v) is 2.77. The molecule has 2 rings (SSSR count). The number of nitrogens with zero attached hydrogens (tertiary/aromatic N) is 1. The van der Waals surface area contributed by atoms with Crippen LogP contribution in [0.2, 0.25) is 0 Å². The van der Waals surface area contributed by atoms with Gasteiger partial charge in [-0.15, -0.1) is 11.3 Å². The van der Waals surface area contributed by atoms with E-state index in [1.54, 1.807) is 11.3 Å². The van der Waals surface area contributed by atoms with E-state index in [0.717, 1.165) is 10.7 Å². The summed E-state index contributed by atoms with van der Waals surface area (Å²) in [7, 11) is 0. The third kappa shape index (κ3) is 3.53. The predicted octanol–water partition coefficient (Wildman–Crippen LogP) is 1.65. The van der Waals surface area contributed by atoms with Crippen LogP contribution >= 0.6 is 11.3 Å². The number of carboxylic acid groups (broad SMARTS) is 1. The normalized spacial score (nSPS) is 21.4. The van der Waals surface area contributed by atoms with Gasteiger partial charge in [-0.25, -0.2) is 4.98 Å². The number of carbonyl (C=O) groups is 2. The average molecular weight is 282 g/mol. The molecule has 2 unspecified atom stereocenters. The summed E-state index contributed by atoms with van der Waals surface area (Å²) in [6.07, 6.45) is 1.16. The van der Waals surface area contributed by atoms with E-state index >= 15 is 0 Å². The van der Waals surface area contributed by atoms with Gasteiger partial charge in [-0.2, -0.15) is 0 Å². The van der Waals surface area contributed by atoms with Crippen LogP contribution in [0.5, 0.6) is 0 Å². The number of aliphatic carboxylic acids is 1. The number of nitrogens with one attached hydrogen (secondary N) is 1. The highest BCUT2D eigenvalue weighted by Crippen LogP contribution is 2.38. The van der Waals surface area contributed by atoms with Crippen molar-refractivity contribution < 1.29 is 14.7 Å². The minimum Gasteiger partial charge on any atom is -0.481 e. The van der Waals surface area contributed by atoms with E-state index in [0.29, 0.717) is 25.3 Å². The molecule has 0 saturated heterocycles. The van der Waals surface area contributed by atoms with E-state index in [-0.39, 0.29) is 11.8 Å². The minimum absolute atomic E-state index is 0.147. The van der Waals surface area contributed by atoms with Gasteiger partial charge >= 0.3 is 5.97 Å². The summed E-state index contributed by atoms with van der Waals surface area (Å²) in [5.41, 5.74) is 0.986. The molecule has 104 valence electrons. The van der Waals surface area contributed by atoms with Crippen molar-refractivity contribution in [2.24, 2.45) is 11.8 Å². The van der Waals surface area contributed by atoms with Crippen LogP contribution in [0, 0.1) is 11.8 Å². The van der Waals surface area contributed by atoms with Crippen molar-refractivity contribution in [1.82, 2.24) is 10.3 Å². The van der Waals surface area contributed by atoms with E-state index < -0.39 is 11.9 Å². The van der Waals surface area contributed by atoms with Gasteiger partial charge in [0, 0.05) is 24.3 Å². The zero-order chi connectivity index (χ0) is 14.0. The van der Waals surface area contributed by atoms with Crippen molar-refractivity contribution in [2.75, 3.05) is 6.54 Å². The molecule has 1 saturated carbocycles. The van der Waals surface area contributed by atoms with Crippen molar-refractivity contribution in [3.05, 3.63) is 16.1 Å². The van der Waals surface area contributed by atoms with Crippen molar-refractivity contribution in [1.29, 1.82) is 0 Å². The quantitative estimate of drug-likeness (QED) is 0.831. The number of amides is 1. The Morgan fingerprint density at radius 1 is 1.53 bits per heavy atom. The summed E-state index contributed by atoms with van der Waals surface area (Å²) in [6.45, 7) is 4.72. The molecule has 1 aromatic rings. The third-order valence-corrected chi connectivity index (χ3v) is 4.38. The van der Waals surface area contributed by atoms with Gasteiger partial charge in [-0.1, -0.05) is 13.8 Å². The highest BCUT2D eigenvalue weighted by atomic mass is 32.1. The first-order valence-corrected chi connectivity index (χ1v) is 7.31. The standard InChI is InChI=1S/C13H18N2O3S/c1-7(2)12-15-8(6-19-12)3-4-14-11(16)9-5-10(9)13(17)18/h6-7,9-10H,3-5H2,1-2H3,(H,14,16)(H,17,18). The number of carboxylic acids is 1.